The summed E-state index contributed by atoms with van der Waals surface area (Å²) in [5, 5.41) is 3.09. The maximum absolute atomic E-state index is 12.5. The summed E-state index contributed by atoms with van der Waals surface area (Å²) < 4.78 is 34.9. The summed E-state index contributed by atoms with van der Waals surface area (Å²) in [6.07, 6.45) is 0. The lowest BCUT2D eigenvalue weighted by molar-refractivity contribution is 0.583. The SMILES string of the molecule is C/C(=N\S(=O)(=O)c1ccccc1)Nc1cc(C)c2oc(=O)sc2c1C(C)C. The van der Waals surface area contributed by atoms with Crippen LogP contribution in [0.25, 0.3) is 10.3 Å². The lowest BCUT2D eigenvalue weighted by Crippen LogP contribution is -2.13. The van der Waals surface area contributed by atoms with Crippen molar-refractivity contribution in [2.24, 2.45) is 4.40 Å². The number of benzene rings is 2. The molecule has 0 aliphatic rings. The van der Waals surface area contributed by atoms with E-state index in [1.54, 1.807) is 25.1 Å². The lowest BCUT2D eigenvalue weighted by atomic mass is 9.98. The van der Waals surface area contributed by atoms with Crippen molar-refractivity contribution < 1.29 is 12.8 Å². The predicted octanol–water partition coefficient (Wildman–Crippen LogP) is 4.51. The number of hydrogen-bond donors (Lipinski definition) is 1. The van der Waals surface area contributed by atoms with Gasteiger partial charge in [-0.1, -0.05) is 43.4 Å². The average Bonchev–Trinajstić information content (AvgIpc) is 2.96. The van der Waals surface area contributed by atoms with Gasteiger partial charge in [-0.05, 0) is 49.1 Å². The fraction of sp³-hybridized carbons (Fsp3) is 0.263. The van der Waals surface area contributed by atoms with E-state index in [0.29, 0.717) is 5.58 Å². The molecule has 0 amide bonds. The zero-order chi connectivity index (χ0) is 19.8. The number of aryl methyl sites for hydroxylation is 1. The highest BCUT2D eigenvalue weighted by Gasteiger charge is 2.19. The van der Waals surface area contributed by atoms with Crippen molar-refractivity contribution in [1.29, 1.82) is 0 Å². The minimum Gasteiger partial charge on any atom is -0.414 e. The van der Waals surface area contributed by atoms with Gasteiger partial charge < -0.3 is 9.73 Å². The Kier molecular flexibility index (Phi) is 5.21. The molecule has 1 aromatic heterocycles. The van der Waals surface area contributed by atoms with Crippen LogP contribution in [0, 0.1) is 6.92 Å². The topological polar surface area (TPSA) is 88.7 Å². The second kappa shape index (κ2) is 7.28. The summed E-state index contributed by atoms with van der Waals surface area (Å²) in [5.41, 5.74) is 2.99. The van der Waals surface area contributed by atoms with Gasteiger partial charge in [0.15, 0.2) is 5.58 Å². The molecule has 2 aromatic carbocycles. The molecule has 6 nitrogen and oxygen atoms in total. The molecule has 3 aromatic rings. The van der Waals surface area contributed by atoms with Gasteiger partial charge in [0.2, 0.25) is 0 Å². The van der Waals surface area contributed by atoms with Crippen molar-refractivity contribution in [1.82, 2.24) is 0 Å². The fourth-order valence-electron chi connectivity index (χ4n) is 2.92. The van der Waals surface area contributed by atoms with Gasteiger partial charge in [0, 0.05) is 5.69 Å². The monoisotopic (exact) mass is 404 g/mol. The molecule has 0 atom stereocenters. The molecule has 0 radical (unpaired) electrons. The summed E-state index contributed by atoms with van der Waals surface area (Å²) in [6, 6.07) is 9.91. The Bertz CT molecular complexity index is 1170. The zero-order valence-electron chi connectivity index (χ0n) is 15.4. The molecular weight excluding hydrogens is 384 g/mol. The van der Waals surface area contributed by atoms with Gasteiger partial charge in [0.25, 0.3) is 10.0 Å². The van der Waals surface area contributed by atoms with Gasteiger partial charge in [0.1, 0.15) is 5.84 Å². The molecule has 3 rings (SSSR count). The standard InChI is InChI=1S/C19H20N2O4S2/c1-11(2)16-15(10-12(3)17-18(16)26-19(22)25-17)20-13(4)21-27(23,24)14-8-6-5-7-9-14/h5-11H,1-4H3,(H,20,21). The molecule has 1 N–H and O–H groups in total. The van der Waals surface area contributed by atoms with Crippen LogP contribution in [0.3, 0.4) is 0 Å². The van der Waals surface area contributed by atoms with Gasteiger partial charge in [-0.25, -0.2) is 4.79 Å². The van der Waals surface area contributed by atoms with E-state index in [1.165, 1.54) is 12.1 Å². The van der Waals surface area contributed by atoms with Crippen molar-refractivity contribution in [3.8, 4) is 0 Å². The maximum atomic E-state index is 12.5. The van der Waals surface area contributed by atoms with Crippen LogP contribution in [0.15, 0.2) is 54.9 Å². The number of amidine groups is 1. The minimum atomic E-state index is -3.80. The molecule has 142 valence electrons. The molecule has 0 saturated carbocycles. The van der Waals surface area contributed by atoms with E-state index in [1.807, 2.05) is 26.8 Å². The molecule has 1 heterocycles. The van der Waals surface area contributed by atoms with E-state index in [0.717, 1.165) is 32.9 Å². The van der Waals surface area contributed by atoms with Gasteiger partial charge in [-0.2, -0.15) is 8.42 Å². The van der Waals surface area contributed by atoms with Gasteiger partial charge >= 0.3 is 4.94 Å². The summed E-state index contributed by atoms with van der Waals surface area (Å²) in [6.45, 7) is 7.46. The Labute approximate surface area is 161 Å². The molecule has 27 heavy (non-hydrogen) atoms. The Morgan fingerprint density at radius 3 is 2.52 bits per heavy atom. The summed E-state index contributed by atoms with van der Waals surface area (Å²) in [5.74, 6) is 0.345. The van der Waals surface area contributed by atoms with Gasteiger partial charge in [0.05, 0.1) is 9.60 Å². The molecule has 0 unspecified atom stereocenters. The lowest BCUT2D eigenvalue weighted by Gasteiger charge is -2.16. The normalized spacial score (nSPS) is 12.7. The highest BCUT2D eigenvalue weighted by molar-refractivity contribution is 7.90. The molecule has 0 spiro atoms. The van der Waals surface area contributed by atoms with E-state index < -0.39 is 10.0 Å². The quantitative estimate of drug-likeness (QED) is 0.511. The largest absolute Gasteiger partial charge is 0.414 e. The summed E-state index contributed by atoms with van der Waals surface area (Å²) >= 11 is 1.05. The van der Waals surface area contributed by atoms with Crippen molar-refractivity contribution in [2.75, 3.05) is 5.32 Å². The summed E-state index contributed by atoms with van der Waals surface area (Å²) in [4.78, 5) is 11.5. The zero-order valence-corrected chi connectivity index (χ0v) is 17.1. The van der Waals surface area contributed by atoms with Gasteiger partial charge in [-0.15, -0.1) is 4.40 Å². The molecule has 0 fully saturated rings. The third-order valence-electron chi connectivity index (χ3n) is 4.02. The van der Waals surface area contributed by atoms with Crippen LogP contribution < -0.4 is 10.3 Å². The number of hydrogen-bond acceptors (Lipinski definition) is 5. The first kappa shape index (κ1) is 19.3. The number of anilines is 1. The van der Waals surface area contributed by atoms with E-state index in [-0.39, 0.29) is 21.6 Å². The third kappa shape index (κ3) is 3.96. The molecule has 0 aliphatic heterocycles. The highest BCUT2D eigenvalue weighted by Crippen LogP contribution is 2.36. The van der Waals surface area contributed by atoms with Crippen LogP contribution in [0.1, 0.15) is 37.8 Å². The number of nitrogens with one attached hydrogen (secondary N) is 1. The Morgan fingerprint density at radius 1 is 1.22 bits per heavy atom. The third-order valence-corrected chi connectivity index (χ3v) is 6.26. The second-order valence-electron chi connectivity index (χ2n) is 6.51. The molecule has 0 aliphatic carbocycles. The van der Waals surface area contributed by atoms with Crippen LogP contribution in [-0.2, 0) is 10.0 Å². The fourth-order valence-corrected chi connectivity index (χ4v) is 4.97. The number of fused-ring (bicyclic) bond motifs is 1. The van der Waals surface area contributed by atoms with Crippen molar-refractivity contribution >= 4 is 43.2 Å². The number of nitrogens with zero attached hydrogens (tertiary/aromatic N) is 1. The Morgan fingerprint density at radius 2 is 1.89 bits per heavy atom. The first-order chi connectivity index (χ1) is 12.7. The van der Waals surface area contributed by atoms with Crippen LogP contribution in [0.2, 0.25) is 0 Å². The van der Waals surface area contributed by atoms with Crippen LogP contribution in [0.5, 0.6) is 0 Å². The number of rotatable bonds is 4. The van der Waals surface area contributed by atoms with Crippen LogP contribution in [-0.4, -0.2) is 14.3 Å². The highest BCUT2D eigenvalue weighted by atomic mass is 32.2. The van der Waals surface area contributed by atoms with Gasteiger partial charge in [-0.3, -0.25) is 0 Å². The molecule has 0 saturated heterocycles. The van der Waals surface area contributed by atoms with Crippen LogP contribution >= 0.6 is 11.3 Å². The molecule has 0 bridgehead atoms. The smallest absolute Gasteiger partial charge is 0.396 e. The molecule has 8 heteroatoms. The van der Waals surface area contributed by atoms with Crippen molar-refractivity contribution in [3.05, 3.63) is 57.3 Å². The van der Waals surface area contributed by atoms with Crippen LogP contribution in [0.4, 0.5) is 5.69 Å². The molecular formula is C19H20N2O4S2. The number of sulfonamides is 1. The Hall–Kier alpha value is -2.45. The van der Waals surface area contributed by atoms with E-state index in [9.17, 15) is 13.2 Å². The Balaban J connectivity index is 2.06. The maximum Gasteiger partial charge on any atom is 0.396 e. The predicted molar refractivity (Wildman–Crippen MR) is 110 cm³/mol. The first-order valence-corrected chi connectivity index (χ1v) is 10.7. The van der Waals surface area contributed by atoms with E-state index in [4.69, 9.17) is 4.42 Å². The van der Waals surface area contributed by atoms with E-state index in [2.05, 4.69) is 9.71 Å². The second-order valence-corrected chi connectivity index (χ2v) is 9.06. The van der Waals surface area contributed by atoms with Crippen molar-refractivity contribution in [2.45, 2.75) is 38.5 Å². The van der Waals surface area contributed by atoms with E-state index >= 15 is 0 Å². The van der Waals surface area contributed by atoms with Crippen molar-refractivity contribution in [3.63, 3.8) is 0 Å². The minimum absolute atomic E-state index is 0.0994. The summed E-state index contributed by atoms with van der Waals surface area (Å²) in [7, 11) is -3.80. The first-order valence-electron chi connectivity index (χ1n) is 8.40. The average molecular weight is 405 g/mol.